The van der Waals surface area contributed by atoms with Crippen LogP contribution in [0.25, 0.3) is 0 Å². The normalized spacial score (nSPS) is 15.9. The summed E-state index contributed by atoms with van der Waals surface area (Å²) in [6.45, 7) is 6.42. The Morgan fingerprint density at radius 3 is 2.48 bits per heavy atom. The average Bonchev–Trinajstić information content (AvgIpc) is 2.69. The molecule has 0 spiro atoms. The zero-order chi connectivity index (χ0) is 19.2. The van der Waals surface area contributed by atoms with Gasteiger partial charge in [-0.05, 0) is 62.1 Å². The van der Waals surface area contributed by atoms with Crippen LogP contribution >= 0.6 is 0 Å². The second kappa shape index (κ2) is 8.80. The van der Waals surface area contributed by atoms with Gasteiger partial charge in [0.2, 0.25) is 5.91 Å². The standard InChI is InChI=1S/C22H29N3O2/c1-16-11-13-25(14-12-16)20-9-7-18(8-10-20)23-17(2)22(26)24-19-5-4-6-21(15-19)27-3/h4-10,15-17,23H,11-14H2,1-3H3,(H,24,26). The molecule has 0 radical (unpaired) electrons. The van der Waals surface area contributed by atoms with Gasteiger partial charge >= 0.3 is 0 Å². The van der Waals surface area contributed by atoms with Crippen molar-refractivity contribution in [2.45, 2.75) is 32.7 Å². The molecular weight excluding hydrogens is 338 g/mol. The smallest absolute Gasteiger partial charge is 0.246 e. The molecule has 1 fully saturated rings. The van der Waals surface area contributed by atoms with E-state index in [1.807, 2.05) is 37.3 Å². The number of hydrogen-bond donors (Lipinski definition) is 2. The lowest BCUT2D eigenvalue weighted by atomic mass is 9.99. The van der Waals surface area contributed by atoms with Crippen molar-refractivity contribution in [2.75, 3.05) is 35.7 Å². The fourth-order valence-corrected chi connectivity index (χ4v) is 3.30. The molecule has 0 saturated carbocycles. The number of ether oxygens (including phenoxy) is 1. The van der Waals surface area contributed by atoms with E-state index < -0.39 is 0 Å². The lowest BCUT2D eigenvalue weighted by Crippen LogP contribution is -2.33. The number of carbonyl (C=O) groups excluding carboxylic acids is 1. The number of amides is 1. The molecule has 1 atom stereocenters. The second-order valence-electron chi connectivity index (χ2n) is 7.30. The quantitative estimate of drug-likeness (QED) is 0.796. The summed E-state index contributed by atoms with van der Waals surface area (Å²) in [5.74, 6) is 1.46. The predicted molar refractivity (Wildman–Crippen MR) is 112 cm³/mol. The Labute approximate surface area is 161 Å². The summed E-state index contributed by atoms with van der Waals surface area (Å²) in [6, 6.07) is 15.4. The molecule has 144 valence electrons. The summed E-state index contributed by atoms with van der Waals surface area (Å²) in [5.41, 5.74) is 2.92. The molecule has 2 aromatic carbocycles. The number of carbonyl (C=O) groups is 1. The molecule has 0 aromatic heterocycles. The number of nitrogens with zero attached hydrogens (tertiary/aromatic N) is 1. The van der Waals surface area contributed by atoms with Gasteiger partial charge in [-0.25, -0.2) is 0 Å². The number of anilines is 3. The monoisotopic (exact) mass is 367 g/mol. The number of benzene rings is 2. The molecule has 1 amide bonds. The number of rotatable bonds is 6. The predicted octanol–water partition coefficient (Wildman–Crippen LogP) is 4.37. The molecule has 27 heavy (non-hydrogen) atoms. The first-order valence-corrected chi connectivity index (χ1v) is 9.61. The Morgan fingerprint density at radius 2 is 1.81 bits per heavy atom. The van der Waals surface area contributed by atoms with E-state index in [4.69, 9.17) is 4.74 Å². The van der Waals surface area contributed by atoms with Crippen LogP contribution in [0.15, 0.2) is 48.5 Å². The SMILES string of the molecule is COc1cccc(NC(=O)C(C)Nc2ccc(N3CCC(C)CC3)cc2)c1. The maximum atomic E-state index is 12.4. The highest BCUT2D eigenvalue weighted by Gasteiger charge is 2.17. The van der Waals surface area contributed by atoms with Gasteiger partial charge in [-0.3, -0.25) is 4.79 Å². The van der Waals surface area contributed by atoms with Crippen LogP contribution < -0.4 is 20.3 Å². The van der Waals surface area contributed by atoms with E-state index in [-0.39, 0.29) is 11.9 Å². The molecule has 5 heteroatoms. The van der Waals surface area contributed by atoms with Crippen LogP contribution in [0, 0.1) is 5.92 Å². The van der Waals surface area contributed by atoms with E-state index in [0.717, 1.165) is 36.1 Å². The second-order valence-corrected chi connectivity index (χ2v) is 7.30. The van der Waals surface area contributed by atoms with Crippen molar-refractivity contribution in [3.63, 3.8) is 0 Å². The molecule has 1 aliphatic heterocycles. The van der Waals surface area contributed by atoms with Crippen molar-refractivity contribution in [1.82, 2.24) is 0 Å². The lowest BCUT2D eigenvalue weighted by Gasteiger charge is -2.32. The van der Waals surface area contributed by atoms with Crippen molar-refractivity contribution in [2.24, 2.45) is 5.92 Å². The molecule has 1 saturated heterocycles. The van der Waals surface area contributed by atoms with Crippen LogP contribution in [0.2, 0.25) is 0 Å². The van der Waals surface area contributed by atoms with Gasteiger partial charge in [0, 0.05) is 36.2 Å². The van der Waals surface area contributed by atoms with Gasteiger partial charge in [-0.2, -0.15) is 0 Å². The number of piperidine rings is 1. The third-order valence-electron chi connectivity index (χ3n) is 5.13. The zero-order valence-corrected chi connectivity index (χ0v) is 16.4. The Hall–Kier alpha value is -2.69. The minimum absolute atomic E-state index is 0.0858. The zero-order valence-electron chi connectivity index (χ0n) is 16.4. The van der Waals surface area contributed by atoms with E-state index in [2.05, 4.69) is 34.6 Å². The minimum atomic E-state index is -0.349. The van der Waals surface area contributed by atoms with E-state index >= 15 is 0 Å². The highest BCUT2D eigenvalue weighted by Crippen LogP contribution is 2.24. The molecule has 5 nitrogen and oxygen atoms in total. The summed E-state index contributed by atoms with van der Waals surface area (Å²) in [5, 5.41) is 6.18. The minimum Gasteiger partial charge on any atom is -0.497 e. The maximum Gasteiger partial charge on any atom is 0.246 e. The van der Waals surface area contributed by atoms with Gasteiger partial charge in [0.1, 0.15) is 11.8 Å². The van der Waals surface area contributed by atoms with Crippen LogP contribution in [0.5, 0.6) is 5.75 Å². The Kier molecular flexibility index (Phi) is 6.22. The van der Waals surface area contributed by atoms with Gasteiger partial charge in [-0.1, -0.05) is 13.0 Å². The van der Waals surface area contributed by atoms with Crippen LogP contribution in [0.1, 0.15) is 26.7 Å². The first-order chi connectivity index (χ1) is 13.0. The molecule has 1 heterocycles. The van der Waals surface area contributed by atoms with E-state index in [9.17, 15) is 4.79 Å². The van der Waals surface area contributed by atoms with Gasteiger partial charge in [0.25, 0.3) is 0 Å². The van der Waals surface area contributed by atoms with Crippen molar-refractivity contribution in [3.05, 3.63) is 48.5 Å². The molecule has 2 aromatic rings. The average molecular weight is 367 g/mol. The van der Waals surface area contributed by atoms with Gasteiger partial charge in [-0.15, -0.1) is 0 Å². The third kappa shape index (κ3) is 5.16. The molecule has 3 rings (SSSR count). The summed E-state index contributed by atoms with van der Waals surface area (Å²) in [7, 11) is 1.61. The molecule has 1 unspecified atom stereocenters. The van der Waals surface area contributed by atoms with E-state index in [1.165, 1.54) is 18.5 Å². The van der Waals surface area contributed by atoms with Crippen LogP contribution in [-0.2, 0) is 4.79 Å². The fraction of sp³-hybridized carbons (Fsp3) is 0.409. The molecule has 2 N–H and O–H groups in total. The topological polar surface area (TPSA) is 53.6 Å². The summed E-state index contributed by atoms with van der Waals surface area (Å²) in [6.07, 6.45) is 2.50. The van der Waals surface area contributed by atoms with E-state index in [1.54, 1.807) is 13.2 Å². The maximum absolute atomic E-state index is 12.4. The Bertz CT molecular complexity index is 752. The van der Waals surface area contributed by atoms with Crippen LogP contribution in [0.3, 0.4) is 0 Å². The first kappa shape index (κ1) is 19.1. The summed E-state index contributed by atoms with van der Waals surface area (Å²) in [4.78, 5) is 14.9. The number of nitrogens with one attached hydrogen (secondary N) is 2. The van der Waals surface area contributed by atoms with E-state index in [0.29, 0.717) is 0 Å². The van der Waals surface area contributed by atoms with Crippen molar-refractivity contribution in [3.8, 4) is 5.75 Å². The van der Waals surface area contributed by atoms with Gasteiger partial charge < -0.3 is 20.3 Å². The fourth-order valence-electron chi connectivity index (χ4n) is 3.30. The summed E-state index contributed by atoms with van der Waals surface area (Å²) < 4.78 is 5.19. The molecule has 0 aliphatic carbocycles. The third-order valence-corrected chi connectivity index (χ3v) is 5.13. The largest absolute Gasteiger partial charge is 0.497 e. The van der Waals surface area contributed by atoms with Gasteiger partial charge in [0.05, 0.1) is 7.11 Å². The number of hydrogen-bond acceptors (Lipinski definition) is 4. The molecular formula is C22H29N3O2. The van der Waals surface area contributed by atoms with Crippen molar-refractivity contribution >= 4 is 23.0 Å². The molecule has 0 bridgehead atoms. The van der Waals surface area contributed by atoms with Crippen LogP contribution in [0.4, 0.5) is 17.1 Å². The van der Waals surface area contributed by atoms with Crippen molar-refractivity contribution in [1.29, 1.82) is 0 Å². The number of methoxy groups -OCH3 is 1. The van der Waals surface area contributed by atoms with Gasteiger partial charge in [0.15, 0.2) is 0 Å². The highest BCUT2D eigenvalue weighted by atomic mass is 16.5. The Balaban J connectivity index is 1.55. The lowest BCUT2D eigenvalue weighted by molar-refractivity contribution is -0.116. The Morgan fingerprint density at radius 1 is 1.11 bits per heavy atom. The van der Waals surface area contributed by atoms with Crippen LogP contribution in [-0.4, -0.2) is 32.1 Å². The first-order valence-electron chi connectivity index (χ1n) is 9.61. The summed E-state index contributed by atoms with van der Waals surface area (Å²) >= 11 is 0. The molecule has 1 aliphatic rings. The highest BCUT2D eigenvalue weighted by molar-refractivity contribution is 5.96. The van der Waals surface area contributed by atoms with Crippen molar-refractivity contribution < 1.29 is 9.53 Å².